The number of fused-ring (bicyclic) bond motifs is 1. The van der Waals surface area contributed by atoms with Gasteiger partial charge in [-0.2, -0.15) is 0 Å². The molecule has 3 aromatic rings. The third-order valence-corrected chi connectivity index (χ3v) is 3.04. The first-order chi connectivity index (χ1) is 10.0. The van der Waals surface area contributed by atoms with E-state index in [0.717, 1.165) is 29.0 Å². The number of anilines is 1. The van der Waals surface area contributed by atoms with E-state index in [1.807, 2.05) is 6.92 Å². The summed E-state index contributed by atoms with van der Waals surface area (Å²) in [4.78, 5) is 19.4. The fourth-order valence-corrected chi connectivity index (χ4v) is 2.06. The number of hydrogen-bond acceptors (Lipinski definition) is 2. The first-order valence-corrected chi connectivity index (χ1v) is 6.26. The number of aromatic amines is 1. The number of hydrogen-bond donors (Lipinski definition) is 2. The number of carbonyl (C=O) groups excluding carboxylic acids is 1. The molecule has 1 heterocycles. The van der Waals surface area contributed by atoms with Crippen LogP contribution in [0.1, 0.15) is 16.2 Å². The second kappa shape index (κ2) is 4.97. The van der Waals surface area contributed by atoms with Gasteiger partial charge in [0.15, 0.2) is 11.6 Å². The van der Waals surface area contributed by atoms with Crippen LogP contribution in [-0.2, 0) is 0 Å². The summed E-state index contributed by atoms with van der Waals surface area (Å²) in [6, 6.07) is 8.20. The van der Waals surface area contributed by atoms with Gasteiger partial charge in [0.1, 0.15) is 5.82 Å². The number of amides is 1. The molecule has 2 N–H and O–H groups in total. The monoisotopic (exact) mass is 287 g/mol. The number of aromatic nitrogens is 2. The van der Waals surface area contributed by atoms with E-state index in [-0.39, 0.29) is 5.69 Å². The van der Waals surface area contributed by atoms with E-state index in [4.69, 9.17) is 0 Å². The van der Waals surface area contributed by atoms with Crippen molar-refractivity contribution in [3.05, 3.63) is 59.4 Å². The van der Waals surface area contributed by atoms with Gasteiger partial charge in [-0.25, -0.2) is 13.8 Å². The molecular weight excluding hydrogens is 276 g/mol. The van der Waals surface area contributed by atoms with Crippen LogP contribution >= 0.6 is 0 Å². The van der Waals surface area contributed by atoms with E-state index in [9.17, 15) is 13.6 Å². The highest BCUT2D eigenvalue weighted by Gasteiger charge is 2.10. The largest absolute Gasteiger partial charge is 0.342 e. The zero-order valence-electron chi connectivity index (χ0n) is 11.1. The van der Waals surface area contributed by atoms with Crippen molar-refractivity contribution in [2.24, 2.45) is 0 Å². The van der Waals surface area contributed by atoms with Crippen LogP contribution in [0.4, 0.5) is 14.5 Å². The predicted octanol–water partition coefficient (Wildman–Crippen LogP) is 3.40. The van der Waals surface area contributed by atoms with Gasteiger partial charge >= 0.3 is 0 Å². The van der Waals surface area contributed by atoms with Crippen LogP contribution in [0.5, 0.6) is 0 Å². The molecule has 0 bridgehead atoms. The van der Waals surface area contributed by atoms with Crippen molar-refractivity contribution in [1.29, 1.82) is 0 Å². The molecule has 0 atom stereocenters. The standard InChI is InChI=1S/C15H11F2N3O/c1-8-18-13-5-2-9(6-14(13)19-8)15(21)20-10-3-4-11(16)12(17)7-10/h2-7H,1H3,(H,18,19)(H,20,21). The average Bonchev–Trinajstić information content (AvgIpc) is 2.82. The van der Waals surface area contributed by atoms with Crippen molar-refractivity contribution in [1.82, 2.24) is 9.97 Å². The average molecular weight is 287 g/mol. The lowest BCUT2D eigenvalue weighted by Crippen LogP contribution is -2.12. The number of aryl methyl sites for hydroxylation is 1. The summed E-state index contributed by atoms with van der Waals surface area (Å²) in [6.07, 6.45) is 0. The molecule has 0 spiro atoms. The number of carbonyl (C=O) groups is 1. The van der Waals surface area contributed by atoms with Gasteiger partial charge in [0.25, 0.3) is 5.91 Å². The van der Waals surface area contributed by atoms with Crippen LogP contribution in [0.3, 0.4) is 0 Å². The van der Waals surface area contributed by atoms with Crippen molar-refractivity contribution in [3.8, 4) is 0 Å². The molecule has 6 heteroatoms. The Bertz CT molecular complexity index is 842. The van der Waals surface area contributed by atoms with E-state index in [2.05, 4.69) is 15.3 Å². The lowest BCUT2D eigenvalue weighted by molar-refractivity contribution is 0.102. The molecule has 0 aliphatic heterocycles. The molecule has 0 radical (unpaired) electrons. The lowest BCUT2D eigenvalue weighted by atomic mass is 10.2. The van der Waals surface area contributed by atoms with Crippen LogP contribution in [-0.4, -0.2) is 15.9 Å². The van der Waals surface area contributed by atoms with Crippen molar-refractivity contribution in [2.75, 3.05) is 5.32 Å². The van der Waals surface area contributed by atoms with Gasteiger partial charge in [0.2, 0.25) is 0 Å². The number of benzene rings is 2. The summed E-state index contributed by atoms with van der Waals surface area (Å²) in [5.74, 6) is -1.62. The molecule has 3 rings (SSSR count). The number of nitrogens with zero attached hydrogens (tertiary/aromatic N) is 1. The highest BCUT2D eigenvalue weighted by atomic mass is 19.2. The van der Waals surface area contributed by atoms with Crippen molar-refractivity contribution in [3.63, 3.8) is 0 Å². The van der Waals surface area contributed by atoms with Gasteiger partial charge < -0.3 is 10.3 Å². The van der Waals surface area contributed by atoms with E-state index < -0.39 is 17.5 Å². The highest BCUT2D eigenvalue weighted by Crippen LogP contribution is 2.17. The van der Waals surface area contributed by atoms with Crippen LogP contribution in [0.2, 0.25) is 0 Å². The van der Waals surface area contributed by atoms with Crippen molar-refractivity contribution < 1.29 is 13.6 Å². The Hall–Kier alpha value is -2.76. The number of halogens is 2. The maximum atomic E-state index is 13.1. The number of nitrogens with one attached hydrogen (secondary N) is 2. The summed E-state index contributed by atoms with van der Waals surface area (Å²) in [5, 5.41) is 2.52. The number of rotatable bonds is 2. The summed E-state index contributed by atoms with van der Waals surface area (Å²) in [5.41, 5.74) is 2.10. The summed E-state index contributed by atoms with van der Waals surface area (Å²) < 4.78 is 25.9. The molecule has 0 saturated heterocycles. The third kappa shape index (κ3) is 2.60. The minimum Gasteiger partial charge on any atom is -0.342 e. The minimum atomic E-state index is -1.01. The second-order valence-corrected chi connectivity index (χ2v) is 4.64. The van der Waals surface area contributed by atoms with Crippen LogP contribution < -0.4 is 5.32 Å². The molecule has 0 aliphatic carbocycles. The molecular formula is C15H11F2N3O. The second-order valence-electron chi connectivity index (χ2n) is 4.64. The first kappa shape index (κ1) is 13.2. The zero-order chi connectivity index (χ0) is 15.0. The minimum absolute atomic E-state index is 0.194. The Morgan fingerprint density at radius 3 is 2.71 bits per heavy atom. The Balaban J connectivity index is 1.87. The topological polar surface area (TPSA) is 57.8 Å². The predicted molar refractivity (Wildman–Crippen MR) is 75.1 cm³/mol. The lowest BCUT2D eigenvalue weighted by Gasteiger charge is -2.05. The fourth-order valence-electron chi connectivity index (χ4n) is 2.06. The van der Waals surface area contributed by atoms with Gasteiger partial charge in [-0.3, -0.25) is 4.79 Å². The quantitative estimate of drug-likeness (QED) is 0.759. The van der Waals surface area contributed by atoms with Gasteiger partial charge in [-0.05, 0) is 37.3 Å². The Morgan fingerprint density at radius 1 is 1.14 bits per heavy atom. The Labute approximate surface area is 118 Å². The van der Waals surface area contributed by atoms with E-state index in [0.29, 0.717) is 5.56 Å². The molecule has 1 aromatic heterocycles. The molecule has 0 saturated carbocycles. The number of H-pyrrole nitrogens is 1. The van der Waals surface area contributed by atoms with Gasteiger partial charge in [-0.15, -0.1) is 0 Å². The van der Waals surface area contributed by atoms with Crippen LogP contribution in [0, 0.1) is 18.6 Å². The Morgan fingerprint density at radius 2 is 1.95 bits per heavy atom. The Kier molecular flexibility index (Phi) is 3.13. The van der Waals surface area contributed by atoms with E-state index in [1.54, 1.807) is 18.2 Å². The SMILES string of the molecule is Cc1nc2ccc(C(=O)Nc3ccc(F)c(F)c3)cc2[nH]1. The van der Waals surface area contributed by atoms with E-state index in [1.165, 1.54) is 6.07 Å². The maximum Gasteiger partial charge on any atom is 0.255 e. The molecule has 21 heavy (non-hydrogen) atoms. The smallest absolute Gasteiger partial charge is 0.255 e. The van der Waals surface area contributed by atoms with Crippen molar-refractivity contribution in [2.45, 2.75) is 6.92 Å². The van der Waals surface area contributed by atoms with Crippen LogP contribution in [0.25, 0.3) is 11.0 Å². The molecule has 1 amide bonds. The fraction of sp³-hybridized carbons (Fsp3) is 0.0667. The molecule has 2 aromatic carbocycles. The molecule has 4 nitrogen and oxygen atoms in total. The summed E-state index contributed by atoms with van der Waals surface area (Å²) in [6.45, 7) is 1.82. The summed E-state index contributed by atoms with van der Waals surface area (Å²) in [7, 11) is 0. The first-order valence-electron chi connectivity index (χ1n) is 6.26. The maximum absolute atomic E-state index is 13.1. The third-order valence-electron chi connectivity index (χ3n) is 3.04. The molecule has 0 fully saturated rings. The van der Waals surface area contributed by atoms with Gasteiger partial charge in [0, 0.05) is 17.3 Å². The van der Waals surface area contributed by atoms with Gasteiger partial charge in [0.05, 0.1) is 11.0 Å². The highest BCUT2D eigenvalue weighted by molar-refractivity contribution is 6.05. The zero-order valence-corrected chi connectivity index (χ0v) is 11.1. The van der Waals surface area contributed by atoms with Crippen molar-refractivity contribution >= 4 is 22.6 Å². The van der Waals surface area contributed by atoms with Gasteiger partial charge in [-0.1, -0.05) is 0 Å². The normalized spacial score (nSPS) is 10.8. The number of imidazole rings is 1. The summed E-state index contributed by atoms with van der Waals surface area (Å²) >= 11 is 0. The van der Waals surface area contributed by atoms with Crippen LogP contribution in [0.15, 0.2) is 36.4 Å². The van der Waals surface area contributed by atoms with E-state index >= 15 is 0 Å². The molecule has 0 aliphatic rings. The molecule has 0 unspecified atom stereocenters. The molecule has 106 valence electrons.